The standard InChI is InChI=1S/C18H16BrN3O2S/c1-11-4-2-3-5-12(11)9-25-10-16(23)21-22-17-14-8-13(19)6-7-15(14)20-18(17)24/h2-8,20,24H,9-10H2,1H3. The highest BCUT2D eigenvalue weighted by Gasteiger charge is 2.11. The summed E-state index contributed by atoms with van der Waals surface area (Å²) in [6.45, 7) is 2.05. The number of aryl methyl sites for hydroxylation is 1. The van der Waals surface area contributed by atoms with Crippen molar-refractivity contribution in [2.75, 3.05) is 5.75 Å². The number of nitrogens with one attached hydrogen (secondary N) is 1. The van der Waals surface area contributed by atoms with Crippen molar-refractivity contribution >= 4 is 50.2 Å². The van der Waals surface area contributed by atoms with Crippen molar-refractivity contribution in [2.45, 2.75) is 12.7 Å². The third kappa shape index (κ3) is 4.29. The molecule has 3 rings (SSSR count). The lowest BCUT2D eigenvalue weighted by Gasteiger charge is -2.03. The van der Waals surface area contributed by atoms with Gasteiger partial charge in [0.05, 0.1) is 11.3 Å². The Balaban J connectivity index is 1.64. The Labute approximate surface area is 157 Å². The largest absolute Gasteiger partial charge is 0.493 e. The van der Waals surface area contributed by atoms with Crippen LogP contribution in [0.5, 0.6) is 5.88 Å². The predicted octanol–water partition coefficient (Wildman–Crippen LogP) is 5.49. The second kappa shape index (κ2) is 7.84. The lowest BCUT2D eigenvalue weighted by atomic mass is 10.1. The fourth-order valence-corrected chi connectivity index (χ4v) is 3.63. The minimum Gasteiger partial charge on any atom is -0.493 e. The van der Waals surface area contributed by atoms with E-state index in [0.717, 1.165) is 15.7 Å². The highest BCUT2D eigenvalue weighted by Crippen LogP contribution is 2.36. The number of aromatic amines is 1. The smallest absolute Gasteiger partial charge is 0.274 e. The van der Waals surface area contributed by atoms with Gasteiger partial charge in [0.25, 0.3) is 5.91 Å². The maximum Gasteiger partial charge on any atom is 0.274 e. The van der Waals surface area contributed by atoms with E-state index in [2.05, 4.69) is 50.2 Å². The minimum absolute atomic E-state index is 0.0998. The molecule has 0 fully saturated rings. The SMILES string of the molecule is Cc1ccccc1CSCC(=O)N=Nc1c(O)[nH]c2ccc(Br)cc12. The highest BCUT2D eigenvalue weighted by molar-refractivity contribution is 9.10. The summed E-state index contributed by atoms with van der Waals surface area (Å²) >= 11 is 4.87. The first-order chi connectivity index (χ1) is 12.0. The third-order valence-electron chi connectivity index (χ3n) is 3.72. The average Bonchev–Trinajstić information content (AvgIpc) is 2.89. The molecule has 1 heterocycles. The number of nitrogens with zero attached hydrogens (tertiary/aromatic N) is 2. The van der Waals surface area contributed by atoms with Gasteiger partial charge in [0.2, 0.25) is 5.88 Å². The van der Waals surface area contributed by atoms with Gasteiger partial charge in [0, 0.05) is 15.6 Å². The van der Waals surface area contributed by atoms with Crippen LogP contribution in [0.25, 0.3) is 10.9 Å². The van der Waals surface area contributed by atoms with Gasteiger partial charge in [-0.15, -0.1) is 22.0 Å². The summed E-state index contributed by atoms with van der Waals surface area (Å²) in [5, 5.41) is 18.3. The number of H-pyrrole nitrogens is 1. The van der Waals surface area contributed by atoms with Crippen LogP contribution in [0.1, 0.15) is 11.1 Å². The molecule has 25 heavy (non-hydrogen) atoms. The van der Waals surface area contributed by atoms with Gasteiger partial charge >= 0.3 is 0 Å². The van der Waals surface area contributed by atoms with E-state index in [1.54, 1.807) is 0 Å². The van der Waals surface area contributed by atoms with E-state index in [9.17, 15) is 9.90 Å². The van der Waals surface area contributed by atoms with Crippen LogP contribution in [0.3, 0.4) is 0 Å². The zero-order chi connectivity index (χ0) is 17.8. The Morgan fingerprint density at radius 1 is 1.28 bits per heavy atom. The molecule has 1 amide bonds. The first-order valence-corrected chi connectivity index (χ1v) is 9.56. The van der Waals surface area contributed by atoms with Crippen LogP contribution in [0, 0.1) is 6.92 Å². The van der Waals surface area contributed by atoms with Crippen LogP contribution in [0.2, 0.25) is 0 Å². The second-order valence-corrected chi connectivity index (χ2v) is 7.43. The molecule has 0 spiro atoms. The average molecular weight is 418 g/mol. The van der Waals surface area contributed by atoms with Crippen molar-refractivity contribution in [1.29, 1.82) is 0 Å². The molecule has 0 unspecified atom stereocenters. The number of carbonyl (C=O) groups is 1. The summed E-state index contributed by atoms with van der Waals surface area (Å²) in [5.74, 6) is 0.559. The minimum atomic E-state index is -0.331. The summed E-state index contributed by atoms with van der Waals surface area (Å²) in [6, 6.07) is 13.6. The fraction of sp³-hybridized carbons (Fsp3) is 0.167. The van der Waals surface area contributed by atoms with Crippen LogP contribution < -0.4 is 0 Å². The van der Waals surface area contributed by atoms with E-state index in [0.29, 0.717) is 5.39 Å². The van der Waals surface area contributed by atoms with Gasteiger partial charge in [0.1, 0.15) is 0 Å². The Morgan fingerprint density at radius 2 is 2.08 bits per heavy atom. The van der Waals surface area contributed by atoms with Crippen molar-refractivity contribution < 1.29 is 9.90 Å². The molecule has 3 aromatic rings. The van der Waals surface area contributed by atoms with E-state index in [-0.39, 0.29) is 23.2 Å². The number of carbonyl (C=O) groups excluding carboxylic acids is 1. The zero-order valence-electron chi connectivity index (χ0n) is 13.5. The zero-order valence-corrected chi connectivity index (χ0v) is 15.9. The summed E-state index contributed by atoms with van der Waals surface area (Å²) in [6.07, 6.45) is 0. The molecular formula is C18H16BrN3O2S. The van der Waals surface area contributed by atoms with Gasteiger partial charge in [0.15, 0.2) is 5.69 Å². The molecular weight excluding hydrogens is 402 g/mol. The maximum absolute atomic E-state index is 11.9. The molecule has 0 saturated heterocycles. The number of aromatic hydroxyl groups is 1. The Bertz CT molecular complexity index is 953. The first-order valence-electron chi connectivity index (χ1n) is 7.61. The number of fused-ring (bicyclic) bond motifs is 1. The third-order valence-corrected chi connectivity index (χ3v) is 5.18. The van der Waals surface area contributed by atoms with E-state index >= 15 is 0 Å². The van der Waals surface area contributed by atoms with Crippen molar-refractivity contribution in [2.24, 2.45) is 10.2 Å². The molecule has 2 N–H and O–H groups in total. The first kappa shape index (κ1) is 17.7. The lowest BCUT2D eigenvalue weighted by molar-refractivity contribution is -0.115. The van der Waals surface area contributed by atoms with E-state index < -0.39 is 0 Å². The second-order valence-electron chi connectivity index (χ2n) is 5.53. The van der Waals surface area contributed by atoms with Crippen LogP contribution >= 0.6 is 27.7 Å². The van der Waals surface area contributed by atoms with Crippen molar-refractivity contribution in [3.8, 4) is 5.88 Å². The summed E-state index contributed by atoms with van der Waals surface area (Å²) in [5.41, 5.74) is 3.42. The molecule has 0 aliphatic rings. The monoisotopic (exact) mass is 417 g/mol. The van der Waals surface area contributed by atoms with Gasteiger partial charge in [-0.3, -0.25) is 4.79 Å². The fourth-order valence-electron chi connectivity index (χ4n) is 2.39. The molecule has 0 aliphatic carbocycles. The number of benzene rings is 2. The Kier molecular flexibility index (Phi) is 5.55. The van der Waals surface area contributed by atoms with E-state index in [1.165, 1.54) is 22.9 Å². The van der Waals surface area contributed by atoms with Gasteiger partial charge in [-0.25, -0.2) is 0 Å². The van der Waals surface area contributed by atoms with Crippen LogP contribution in [-0.2, 0) is 10.5 Å². The molecule has 2 aromatic carbocycles. The number of thioether (sulfide) groups is 1. The molecule has 5 nitrogen and oxygen atoms in total. The van der Waals surface area contributed by atoms with Crippen LogP contribution in [0.15, 0.2) is 57.2 Å². The summed E-state index contributed by atoms with van der Waals surface area (Å²) in [4.78, 5) is 14.8. The molecule has 0 saturated carbocycles. The highest BCUT2D eigenvalue weighted by atomic mass is 79.9. The van der Waals surface area contributed by atoms with E-state index in [4.69, 9.17) is 0 Å². The Hall–Kier alpha value is -2.12. The van der Waals surface area contributed by atoms with E-state index in [1.807, 2.05) is 30.3 Å². The van der Waals surface area contributed by atoms with Crippen molar-refractivity contribution in [3.63, 3.8) is 0 Å². The van der Waals surface area contributed by atoms with Crippen LogP contribution in [-0.4, -0.2) is 21.8 Å². The molecule has 128 valence electrons. The number of aromatic nitrogens is 1. The van der Waals surface area contributed by atoms with Crippen molar-refractivity contribution in [1.82, 2.24) is 4.98 Å². The number of amides is 1. The molecule has 0 atom stereocenters. The number of rotatable bonds is 5. The Morgan fingerprint density at radius 3 is 2.88 bits per heavy atom. The van der Waals surface area contributed by atoms with Gasteiger partial charge < -0.3 is 10.1 Å². The molecule has 0 radical (unpaired) electrons. The van der Waals surface area contributed by atoms with Crippen molar-refractivity contribution in [3.05, 3.63) is 58.1 Å². The number of halogens is 1. The van der Waals surface area contributed by atoms with Gasteiger partial charge in [-0.05, 0) is 36.2 Å². The normalized spacial score (nSPS) is 11.4. The molecule has 1 aromatic heterocycles. The summed E-state index contributed by atoms with van der Waals surface area (Å²) in [7, 11) is 0. The van der Waals surface area contributed by atoms with Crippen LogP contribution in [0.4, 0.5) is 5.69 Å². The summed E-state index contributed by atoms with van der Waals surface area (Å²) < 4.78 is 0.857. The number of hydrogen-bond donors (Lipinski definition) is 2. The number of azo groups is 1. The molecule has 7 heteroatoms. The lowest BCUT2D eigenvalue weighted by Crippen LogP contribution is -1.97. The topological polar surface area (TPSA) is 77.8 Å². The van der Waals surface area contributed by atoms with Gasteiger partial charge in [-0.1, -0.05) is 40.2 Å². The number of hydrogen-bond acceptors (Lipinski definition) is 4. The molecule has 0 bridgehead atoms. The quantitative estimate of drug-likeness (QED) is 0.538. The van der Waals surface area contributed by atoms with Gasteiger partial charge in [-0.2, -0.15) is 0 Å². The maximum atomic E-state index is 11.9. The molecule has 0 aliphatic heterocycles. The predicted molar refractivity (Wildman–Crippen MR) is 105 cm³/mol.